The highest BCUT2D eigenvalue weighted by atomic mass is 16.6. The number of nitrogens with zero attached hydrogens (tertiary/aromatic N) is 2. The molecule has 146 valence electrons. The number of hydrogen-bond donors (Lipinski definition) is 2. The summed E-state index contributed by atoms with van der Waals surface area (Å²) in [5.41, 5.74) is 6.05. The molecular formula is C20H22N4O4. The van der Waals surface area contributed by atoms with E-state index >= 15 is 0 Å². The van der Waals surface area contributed by atoms with Crippen LogP contribution in [0.3, 0.4) is 0 Å². The van der Waals surface area contributed by atoms with E-state index in [0.717, 1.165) is 16.8 Å². The van der Waals surface area contributed by atoms with Gasteiger partial charge in [-0.2, -0.15) is 5.10 Å². The molecule has 8 nitrogen and oxygen atoms in total. The molecule has 8 heteroatoms. The first-order chi connectivity index (χ1) is 13.3. The van der Waals surface area contributed by atoms with E-state index in [1.807, 2.05) is 32.0 Å². The molecule has 2 N–H and O–H groups in total. The highest BCUT2D eigenvalue weighted by molar-refractivity contribution is 6.00. The van der Waals surface area contributed by atoms with Gasteiger partial charge in [0.1, 0.15) is 0 Å². The topological polar surface area (TPSA) is 114 Å². The lowest BCUT2D eigenvalue weighted by molar-refractivity contribution is -0.384. The molecule has 0 aliphatic carbocycles. The van der Waals surface area contributed by atoms with Gasteiger partial charge in [0, 0.05) is 36.2 Å². The third kappa shape index (κ3) is 6.01. The molecule has 0 radical (unpaired) electrons. The zero-order valence-electron chi connectivity index (χ0n) is 16.0. The van der Waals surface area contributed by atoms with Crippen molar-refractivity contribution in [3.05, 3.63) is 69.3 Å². The van der Waals surface area contributed by atoms with Crippen LogP contribution in [0.2, 0.25) is 0 Å². The molecule has 0 saturated carbocycles. The van der Waals surface area contributed by atoms with Crippen LogP contribution in [-0.4, -0.2) is 22.4 Å². The number of anilines is 1. The first-order valence-electron chi connectivity index (χ1n) is 8.71. The van der Waals surface area contributed by atoms with Crippen molar-refractivity contribution in [3.8, 4) is 0 Å². The number of hydrogen-bond acceptors (Lipinski definition) is 5. The van der Waals surface area contributed by atoms with Crippen LogP contribution in [0.5, 0.6) is 0 Å². The summed E-state index contributed by atoms with van der Waals surface area (Å²) in [6, 6.07) is 11.7. The zero-order valence-corrected chi connectivity index (χ0v) is 16.0. The number of benzene rings is 2. The van der Waals surface area contributed by atoms with Gasteiger partial charge in [-0.15, -0.1) is 0 Å². The van der Waals surface area contributed by atoms with E-state index < -0.39 is 10.8 Å². The SMILES string of the molecule is C/C(=N\NC(=O)CCC(=O)Nc1ccc(C)cc1C)c1cccc([N+](=O)[O-])c1. The predicted octanol–water partition coefficient (Wildman–Crippen LogP) is 3.47. The summed E-state index contributed by atoms with van der Waals surface area (Å²) in [7, 11) is 0. The molecule has 0 aliphatic rings. The minimum absolute atomic E-state index is 0.0184. The van der Waals surface area contributed by atoms with E-state index in [4.69, 9.17) is 0 Å². The fraction of sp³-hybridized carbons (Fsp3) is 0.250. The summed E-state index contributed by atoms with van der Waals surface area (Å²) < 4.78 is 0. The van der Waals surface area contributed by atoms with Crippen LogP contribution in [-0.2, 0) is 9.59 Å². The fourth-order valence-corrected chi connectivity index (χ4v) is 2.50. The zero-order chi connectivity index (χ0) is 20.7. The van der Waals surface area contributed by atoms with Crippen LogP contribution < -0.4 is 10.7 Å². The van der Waals surface area contributed by atoms with Gasteiger partial charge in [0.15, 0.2) is 0 Å². The summed E-state index contributed by atoms with van der Waals surface area (Å²) in [6.45, 7) is 5.51. The average molecular weight is 382 g/mol. The Morgan fingerprint density at radius 1 is 1.07 bits per heavy atom. The smallest absolute Gasteiger partial charge is 0.270 e. The third-order valence-corrected chi connectivity index (χ3v) is 4.06. The molecular weight excluding hydrogens is 360 g/mol. The van der Waals surface area contributed by atoms with Gasteiger partial charge < -0.3 is 5.32 Å². The molecule has 2 amide bonds. The van der Waals surface area contributed by atoms with Gasteiger partial charge in [-0.3, -0.25) is 19.7 Å². The van der Waals surface area contributed by atoms with Crippen molar-refractivity contribution in [2.24, 2.45) is 5.10 Å². The quantitative estimate of drug-likeness (QED) is 0.433. The van der Waals surface area contributed by atoms with Gasteiger partial charge >= 0.3 is 0 Å². The second kappa shape index (κ2) is 9.40. The number of carbonyl (C=O) groups is 2. The molecule has 0 aliphatic heterocycles. The number of nitro groups is 1. The lowest BCUT2D eigenvalue weighted by atomic mass is 10.1. The van der Waals surface area contributed by atoms with Crippen molar-refractivity contribution in [1.82, 2.24) is 5.43 Å². The first kappa shape index (κ1) is 20.8. The molecule has 0 heterocycles. The van der Waals surface area contributed by atoms with Crippen LogP contribution in [0.25, 0.3) is 0 Å². The Hall–Kier alpha value is -3.55. The normalized spacial score (nSPS) is 11.0. The number of carbonyl (C=O) groups excluding carboxylic acids is 2. The molecule has 2 rings (SSSR count). The van der Waals surface area contributed by atoms with Crippen molar-refractivity contribution in [1.29, 1.82) is 0 Å². The molecule has 0 saturated heterocycles. The third-order valence-electron chi connectivity index (χ3n) is 4.06. The fourth-order valence-electron chi connectivity index (χ4n) is 2.50. The summed E-state index contributed by atoms with van der Waals surface area (Å²) in [6.07, 6.45) is -0.00696. The minimum Gasteiger partial charge on any atom is -0.326 e. The summed E-state index contributed by atoms with van der Waals surface area (Å²) in [5, 5.41) is 17.5. The Balaban J connectivity index is 1.86. The van der Waals surface area contributed by atoms with Crippen LogP contribution >= 0.6 is 0 Å². The van der Waals surface area contributed by atoms with E-state index in [0.29, 0.717) is 11.3 Å². The van der Waals surface area contributed by atoms with Crippen molar-refractivity contribution in [2.75, 3.05) is 5.32 Å². The molecule has 0 atom stereocenters. The molecule has 0 fully saturated rings. The average Bonchev–Trinajstić information content (AvgIpc) is 2.66. The predicted molar refractivity (Wildman–Crippen MR) is 107 cm³/mol. The Bertz CT molecular complexity index is 938. The summed E-state index contributed by atoms with van der Waals surface area (Å²) >= 11 is 0. The lowest BCUT2D eigenvalue weighted by Gasteiger charge is -2.09. The van der Waals surface area contributed by atoms with Crippen molar-refractivity contribution in [2.45, 2.75) is 33.6 Å². The van der Waals surface area contributed by atoms with E-state index in [1.165, 1.54) is 12.1 Å². The molecule has 0 spiro atoms. The molecule has 0 bridgehead atoms. The van der Waals surface area contributed by atoms with Gasteiger partial charge in [0.25, 0.3) is 5.69 Å². The van der Waals surface area contributed by atoms with Crippen LogP contribution in [0, 0.1) is 24.0 Å². The molecule has 2 aromatic rings. The van der Waals surface area contributed by atoms with Gasteiger partial charge in [-0.25, -0.2) is 5.43 Å². The maximum Gasteiger partial charge on any atom is 0.270 e. The van der Waals surface area contributed by atoms with Crippen molar-refractivity contribution >= 4 is 28.9 Å². The maximum absolute atomic E-state index is 12.0. The highest BCUT2D eigenvalue weighted by Gasteiger charge is 2.10. The second-order valence-corrected chi connectivity index (χ2v) is 6.41. The molecule has 2 aromatic carbocycles. The monoisotopic (exact) mass is 382 g/mol. The number of hydrazone groups is 1. The number of amides is 2. The summed E-state index contributed by atoms with van der Waals surface area (Å²) in [4.78, 5) is 34.3. The Kier molecular flexibility index (Phi) is 6.97. The Labute approximate surface area is 162 Å². The number of nitro benzene ring substituents is 1. The number of rotatable bonds is 7. The summed E-state index contributed by atoms with van der Waals surface area (Å²) in [5.74, 6) is -0.679. The van der Waals surface area contributed by atoms with E-state index in [9.17, 15) is 19.7 Å². The highest BCUT2D eigenvalue weighted by Crippen LogP contribution is 2.16. The lowest BCUT2D eigenvalue weighted by Crippen LogP contribution is -2.22. The number of nitrogens with one attached hydrogen (secondary N) is 2. The Morgan fingerprint density at radius 3 is 2.46 bits per heavy atom. The molecule has 0 unspecified atom stereocenters. The first-order valence-corrected chi connectivity index (χ1v) is 8.71. The van der Waals surface area contributed by atoms with Gasteiger partial charge in [0.2, 0.25) is 11.8 Å². The van der Waals surface area contributed by atoms with Gasteiger partial charge in [-0.05, 0) is 32.4 Å². The van der Waals surface area contributed by atoms with Crippen molar-refractivity contribution < 1.29 is 14.5 Å². The second-order valence-electron chi connectivity index (χ2n) is 6.41. The van der Waals surface area contributed by atoms with Crippen molar-refractivity contribution in [3.63, 3.8) is 0 Å². The minimum atomic E-state index is -0.496. The van der Waals surface area contributed by atoms with Gasteiger partial charge in [-0.1, -0.05) is 29.8 Å². The number of aryl methyl sites for hydroxylation is 2. The van der Waals surface area contributed by atoms with Crippen LogP contribution in [0.1, 0.15) is 36.5 Å². The van der Waals surface area contributed by atoms with E-state index in [-0.39, 0.29) is 24.4 Å². The van der Waals surface area contributed by atoms with Crippen LogP contribution in [0.4, 0.5) is 11.4 Å². The van der Waals surface area contributed by atoms with E-state index in [1.54, 1.807) is 19.1 Å². The standard InChI is InChI=1S/C20H22N4O4/c1-13-7-8-18(14(2)11-13)21-19(25)9-10-20(26)23-22-15(3)16-5-4-6-17(12-16)24(27)28/h4-8,11-12H,9-10H2,1-3H3,(H,21,25)(H,23,26)/b22-15+. The number of non-ortho nitro benzene ring substituents is 1. The van der Waals surface area contributed by atoms with E-state index in [2.05, 4.69) is 15.8 Å². The van der Waals surface area contributed by atoms with Gasteiger partial charge in [0.05, 0.1) is 10.6 Å². The molecule has 28 heavy (non-hydrogen) atoms. The Morgan fingerprint density at radius 2 is 1.79 bits per heavy atom. The maximum atomic E-state index is 12.0. The van der Waals surface area contributed by atoms with Crippen LogP contribution in [0.15, 0.2) is 47.6 Å². The largest absolute Gasteiger partial charge is 0.326 e. The molecule has 0 aromatic heterocycles.